The molecule has 108 valence electrons. The van der Waals surface area contributed by atoms with E-state index in [0.717, 1.165) is 18.4 Å². The molecule has 0 unspecified atom stereocenters. The van der Waals surface area contributed by atoms with Crippen LogP contribution in [0.15, 0.2) is 42.5 Å². The zero-order valence-corrected chi connectivity index (χ0v) is 12.1. The third-order valence-corrected chi connectivity index (χ3v) is 5.46. The van der Waals surface area contributed by atoms with E-state index in [-0.39, 0.29) is 41.5 Å². The lowest BCUT2D eigenvalue weighted by molar-refractivity contribution is -0.142. The number of nitrogens with zero attached hydrogens (tertiary/aromatic N) is 1. The fourth-order valence-corrected chi connectivity index (χ4v) is 4.36. The monoisotopic (exact) mass is 281 g/mol. The maximum atomic E-state index is 12.8. The van der Waals surface area contributed by atoms with E-state index in [2.05, 4.69) is 12.2 Å². The second-order valence-corrected chi connectivity index (χ2v) is 6.47. The minimum absolute atomic E-state index is 0.0420. The van der Waals surface area contributed by atoms with Gasteiger partial charge in [-0.25, -0.2) is 0 Å². The van der Waals surface area contributed by atoms with Crippen LogP contribution in [0.3, 0.4) is 0 Å². The number of imide groups is 1. The number of likely N-dealkylation sites (tertiary alicyclic amines) is 1. The smallest absolute Gasteiger partial charge is 0.234 e. The van der Waals surface area contributed by atoms with Crippen LogP contribution in [-0.4, -0.2) is 16.7 Å². The Morgan fingerprint density at radius 1 is 0.952 bits per heavy atom. The van der Waals surface area contributed by atoms with Crippen LogP contribution in [0.5, 0.6) is 0 Å². The van der Waals surface area contributed by atoms with Crippen molar-refractivity contribution in [2.75, 3.05) is 0 Å². The maximum absolute atomic E-state index is 12.8. The summed E-state index contributed by atoms with van der Waals surface area (Å²) in [6.07, 6.45) is 6.43. The van der Waals surface area contributed by atoms with Crippen LogP contribution >= 0.6 is 0 Å². The minimum Gasteiger partial charge on any atom is -0.275 e. The highest BCUT2D eigenvalue weighted by Crippen LogP contribution is 2.50. The molecule has 3 nitrogen and oxygen atoms in total. The molecule has 21 heavy (non-hydrogen) atoms. The van der Waals surface area contributed by atoms with Crippen molar-refractivity contribution >= 4 is 11.8 Å². The molecule has 3 heteroatoms. The van der Waals surface area contributed by atoms with Gasteiger partial charge in [0.15, 0.2) is 0 Å². The standard InChI is InChI=1S/C18H19NO2/c1-11(12-5-3-2-4-6-12)19-17(20)15-13-7-8-14(10-9-13)16(15)18(19)21/h2-8,11,13-16H,9-10H2,1H3/t11-,13-,14+,15-,16+/m1/s1. The normalized spacial score (nSPS) is 35.2. The summed E-state index contributed by atoms with van der Waals surface area (Å²) in [6.45, 7) is 1.96. The fraction of sp³-hybridized carbons (Fsp3) is 0.444. The third kappa shape index (κ3) is 1.73. The van der Waals surface area contributed by atoms with Crippen LogP contribution in [-0.2, 0) is 9.59 Å². The number of fused-ring (bicyclic) bond motifs is 1. The first kappa shape index (κ1) is 12.8. The molecule has 1 heterocycles. The molecule has 4 aliphatic rings. The van der Waals surface area contributed by atoms with Crippen LogP contribution in [0.2, 0.25) is 0 Å². The van der Waals surface area contributed by atoms with Crippen molar-refractivity contribution in [3.05, 3.63) is 48.0 Å². The van der Waals surface area contributed by atoms with Crippen LogP contribution in [0.25, 0.3) is 0 Å². The van der Waals surface area contributed by atoms with Crippen molar-refractivity contribution < 1.29 is 9.59 Å². The quantitative estimate of drug-likeness (QED) is 0.617. The van der Waals surface area contributed by atoms with E-state index in [9.17, 15) is 9.59 Å². The Morgan fingerprint density at radius 2 is 1.48 bits per heavy atom. The first-order valence-corrected chi connectivity index (χ1v) is 7.78. The summed E-state index contributed by atoms with van der Waals surface area (Å²) in [5.74, 6) is 0.412. The van der Waals surface area contributed by atoms with Gasteiger partial charge >= 0.3 is 0 Å². The maximum Gasteiger partial charge on any atom is 0.234 e. The van der Waals surface area contributed by atoms with E-state index in [0.29, 0.717) is 0 Å². The lowest BCUT2D eigenvalue weighted by atomic mass is 9.63. The number of hydrogen-bond donors (Lipinski definition) is 0. The predicted octanol–water partition coefficient (Wildman–Crippen LogP) is 2.94. The van der Waals surface area contributed by atoms with Crippen molar-refractivity contribution in [2.45, 2.75) is 25.8 Å². The molecular formula is C18H19NO2. The molecule has 0 radical (unpaired) electrons. The van der Waals surface area contributed by atoms with E-state index >= 15 is 0 Å². The van der Waals surface area contributed by atoms with Crippen LogP contribution in [0, 0.1) is 23.7 Å². The number of allylic oxidation sites excluding steroid dienone is 2. The van der Waals surface area contributed by atoms with Crippen LogP contribution in [0.4, 0.5) is 0 Å². The Kier molecular flexibility index (Phi) is 2.78. The SMILES string of the molecule is C[C@H](c1ccccc1)N1C(=O)[C@@H]2[C@H](C1=O)[C@@H]1C=C[C@H]2CC1. The lowest BCUT2D eigenvalue weighted by Crippen LogP contribution is -2.38. The number of amides is 2. The molecule has 1 aliphatic heterocycles. The highest BCUT2D eigenvalue weighted by atomic mass is 16.2. The largest absolute Gasteiger partial charge is 0.275 e. The molecule has 2 amide bonds. The molecule has 5 atom stereocenters. The van der Waals surface area contributed by atoms with Gasteiger partial charge in [0, 0.05) is 0 Å². The zero-order valence-electron chi connectivity index (χ0n) is 12.1. The Balaban J connectivity index is 1.69. The molecule has 5 rings (SSSR count). The van der Waals surface area contributed by atoms with Crippen molar-refractivity contribution in [3.8, 4) is 0 Å². The van der Waals surface area contributed by atoms with Gasteiger partial charge < -0.3 is 0 Å². The molecule has 3 aliphatic carbocycles. The number of benzene rings is 1. The molecule has 1 saturated heterocycles. The average Bonchev–Trinajstić information content (AvgIpc) is 2.82. The molecule has 0 N–H and O–H groups in total. The fourth-order valence-electron chi connectivity index (χ4n) is 4.36. The van der Waals surface area contributed by atoms with E-state index in [1.165, 1.54) is 4.90 Å². The molecular weight excluding hydrogens is 262 g/mol. The number of carbonyl (C=O) groups is 2. The summed E-state index contributed by atoms with van der Waals surface area (Å²) in [4.78, 5) is 27.2. The Labute approximate surface area is 124 Å². The average molecular weight is 281 g/mol. The van der Waals surface area contributed by atoms with Gasteiger partial charge in [-0.2, -0.15) is 0 Å². The molecule has 0 aromatic heterocycles. The number of hydrogen-bond acceptors (Lipinski definition) is 2. The van der Waals surface area contributed by atoms with Gasteiger partial charge in [0.05, 0.1) is 17.9 Å². The molecule has 1 aromatic carbocycles. The van der Waals surface area contributed by atoms with Gasteiger partial charge in [-0.15, -0.1) is 0 Å². The molecule has 0 spiro atoms. The number of carbonyl (C=O) groups excluding carboxylic acids is 2. The van der Waals surface area contributed by atoms with E-state index in [1.54, 1.807) is 0 Å². The van der Waals surface area contributed by atoms with E-state index < -0.39 is 0 Å². The number of rotatable bonds is 2. The van der Waals surface area contributed by atoms with Gasteiger partial charge in [-0.1, -0.05) is 42.5 Å². The topological polar surface area (TPSA) is 37.4 Å². The second kappa shape index (κ2) is 4.55. The van der Waals surface area contributed by atoms with Gasteiger partial charge in [-0.05, 0) is 37.2 Å². The first-order valence-electron chi connectivity index (χ1n) is 7.78. The zero-order chi connectivity index (χ0) is 14.6. The molecule has 1 aromatic rings. The first-order chi connectivity index (χ1) is 10.2. The van der Waals surface area contributed by atoms with Gasteiger partial charge in [-0.3, -0.25) is 14.5 Å². The predicted molar refractivity (Wildman–Crippen MR) is 79.0 cm³/mol. The second-order valence-electron chi connectivity index (χ2n) is 6.47. The molecule has 1 saturated carbocycles. The van der Waals surface area contributed by atoms with Crippen LogP contribution < -0.4 is 0 Å². The van der Waals surface area contributed by atoms with Gasteiger partial charge in [0.2, 0.25) is 11.8 Å². The summed E-state index contributed by atoms with van der Waals surface area (Å²) < 4.78 is 0. The minimum atomic E-state index is -0.170. The van der Waals surface area contributed by atoms with Gasteiger partial charge in [0.25, 0.3) is 0 Å². The summed E-state index contributed by atoms with van der Waals surface area (Å²) in [5, 5.41) is 0. The highest BCUT2D eigenvalue weighted by Gasteiger charge is 2.57. The summed E-state index contributed by atoms with van der Waals surface area (Å²) in [5.41, 5.74) is 1.03. The van der Waals surface area contributed by atoms with Crippen LogP contribution in [0.1, 0.15) is 31.4 Å². The lowest BCUT2D eigenvalue weighted by Gasteiger charge is -2.38. The Morgan fingerprint density at radius 3 is 1.95 bits per heavy atom. The highest BCUT2D eigenvalue weighted by molar-refractivity contribution is 6.06. The third-order valence-electron chi connectivity index (χ3n) is 5.46. The molecule has 2 bridgehead atoms. The van der Waals surface area contributed by atoms with E-state index in [4.69, 9.17) is 0 Å². The van der Waals surface area contributed by atoms with Crippen molar-refractivity contribution in [1.82, 2.24) is 4.90 Å². The van der Waals surface area contributed by atoms with E-state index in [1.807, 2.05) is 37.3 Å². The summed E-state index contributed by atoms with van der Waals surface area (Å²) in [6, 6.07) is 9.66. The van der Waals surface area contributed by atoms with Crippen molar-refractivity contribution in [1.29, 1.82) is 0 Å². The Bertz CT molecular complexity index is 589. The van der Waals surface area contributed by atoms with Crippen molar-refractivity contribution in [3.63, 3.8) is 0 Å². The van der Waals surface area contributed by atoms with Gasteiger partial charge in [0.1, 0.15) is 0 Å². The summed E-state index contributed by atoms with van der Waals surface area (Å²) >= 11 is 0. The molecule has 2 fully saturated rings. The van der Waals surface area contributed by atoms with Crippen molar-refractivity contribution in [2.24, 2.45) is 23.7 Å². The Hall–Kier alpha value is -1.90. The summed E-state index contributed by atoms with van der Waals surface area (Å²) in [7, 11) is 0.